The number of hydrogen-bond acceptors (Lipinski definition) is 0. The molecule has 0 heteroatoms. The molecule has 0 spiro atoms. The van der Waals surface area contributed by atoms with Crippen LogP contribution in [0.15, 0.2) is 109 Å². The topological polar surface area (TPSA) is 0 Å². The van der Waals surface area contributed by atoms with Gasteiger partial charge in [-0.05, 0) is 91.5 Å². The van der Waals surface area contributed by atoms with E-state index in [2.05, 4.69) is 116 Å². The zero-order chi connectivity index (χ0) is 22.9. The molecule has 0 N–H and O–H groups in total. The Labute approximate surface area is 201 Å². The van der Waals surface area contributed by atoms with Crippen LogP contribution in [0.1, 0.15) is 30.9 Å². The minimum atomic E-state index is 0.889. The molecule has 1 aliphatic carbocycles. The van der Waals surface area contributed by atoms with Crippen LogP contribution in [0.3, 0.4) is 0 Å². The van der Waals surface area contributed by atoms with Gasteiger partial charge in [0.1, 0.15) is 0 Å². The van der Waals surface area contributed by atoms with Gasteiger partial charge < -0.3 is 0 Å². The molecule has 6 aromatic carbocycles. The lowest BCUT2D eigenvalue weighted by atomic mass is 9.80. The highest BCUT2D eigenvalue weighted by molar-refractivity contribution is 6.08. The summed E-state index contributed by atoms with van der Waals surface area (Å²) in [5.74, 6) is 0.889. The molecule has 166 valence electrons. The normalized spacial score (nSPS) is 15.3. The summed E-state index contributed by atoms with van der Waals surface area (Å²) in [7, 11) is 0. The maximum Gasteiger partial charge on any atom is -0.0102 e. The quantitative estimate of drug-likeness (QED) is 0.177. The van der Waals surface area contributed by atoms with Crippen LogP contribution in [0.2, 0.25) is 0 Å². The van der Waals surface area contributed by atoms with Gasteiger partial charge in [0.25, 0.3) is 0 Å². The highest BCUT2D eigenvalue weighted by atomic mass is 14.2. The van der Waals surface area contributed by atoms with E-state index in [1.54, 1.807) is 11.1 Å². The largest absolute Gasteiger partial charge is 0.0651 e. The molecule has 1 unspecified atom stereocenters. The van der Waals surface area contributed by atoms with Crippen LogP contribution in [-0.4, -0.2) is 0 Å². The van der Waals surface area contributed by atoms with Gasteiger partial charge in [-0.3, -0.25) is 0 Å². The fourth-order valence-corrected chi connectivity index (χ4v) is 5.67. The van der Waals surface area contributed by atoms with Crippen molar-refractivity contribution in [1.82, 2.24) is 0 Å². The average molecular weight is 439 g/mol. The average Bonchev–Trinajstić information content (AvgIpc) is 2.91. The van der Waals surface area contributed by atoms with E-state index in [1.165, 1.54) is 68.8 Å². The van der Waals surface area contributed by atoms with Gasteiger partial charge in [0, 0.05) is 0 Å². The Kier molecular flexibility index (Phi) is 5.51. The summed E-state index contributed by atoms with van der Waals surface area (Å²) in [6.45, 7) is 2.32. The molecule has 6 aromatic rings. The third-order valence-corrected chi connectivity index (χ3v) is 7.64. The maximum absolute atomic E-state index is 2.38. The molecule has 0 aromatic heterocycles. The van der Waals surface area contributed by atoms with E-state index in [9.17, 15) is 0 Å². The van der Waals surface area contributed by atoms with Gasteiger partial charge >= 0.3 is 0 Å². The van der Waals surface area contributed by atoms with Crippen molar-refractivity contribution in [2.24, 2.45) is 5.92 Å². The molecule has 1 atom stereocenters. The van der Waals surface area contributed by atoms with Crippen LogP contribution in [-0.2, 0) is 12.8 Å². The SMILES string of the molecule is CCC1CCc2c(ccc3c2ccc2ccccc23)C1.c1ccc2cc3ccccc3cc2c1. The predicted molar refractivity (Wildman–Crippen MR) is 149 cm³/mol. The summed E-state index contributed by atoms with van der Waals surface area (Å²) in [6, 6.07) is 39.5. The first kappa shape index (κ1) is 20.9. The van der Waals surface area contributed by atoms with Gasteiger partial charge in [-0.25, -0.2) is 0 Å². The first-order valence-corrected chi connectivity index (χ1v) is 12.6. The smallest absolute Gasteiger partial charge is 0.0102 e. The molecule has 7 rings (SSSR count). The zero-order valence-electron chi connectivity index (χ0n) is 19.8. The van der Waals surface area contributed by atoms with Crippen molar-refractivity contribution in [3.05, 3.63) is 120 Å². The molecule has 34 heavy (non-hydrogen) atoms. The number of fused-ring (bicyclic) bond motifs is 7. The van der Waals surface area contributed by atoms with Gasteiger partial charge in [0.05, 0.1) is 0 Å². The first-order chi connectivity index (χ1) is 16.8. The van der Waals surface area contributed by atoms with Crippen LogP contribution >= 0.6 is 0 Å². The summed E-state index contributed by atoms with van der Waals surface area (Å²) < 4.78 is 0. The minimum absolute atomic E-state index is 0.889. The molecule has 1 aliphatic rings. The van der Waals surface area contributed by atoms with Gasteiger partial charge in [0.2, 0.25) is 0 Å². The molecule has 0 nitrogen and oxygen atoms in total. The minimum Gasteiger partial charge on any atom is -0.0651 e. The molecule has 0 amide bonds. The first-order valence-electron chi connectivity index (χ1n) is 12.6. The van der Waals surface area contributed by atoms with Crippen LogP contribution in [0.25, 0.3) is 43.1 Å². The Bertz CT molecular complexity index is 1520. The predicted octanol–water partition coefficient (Wildman–Crippen LogP) is 9.50. The second kappa shape index (κ2) is 8.95. The van der Waals surface area contributed by atoms with Crippen LogP contribution in [0.5, 0.6) is 0 Å². The van der Waals surface area contributed by atoms with Crippen molar-refractivity contribution >= 4 is 43.1 Å². The van der Waals surface area contributed by atoms with Crippen molar-refractivity contribution in [2.45, 2.75) is 32.6 Å². The van der Waals surface area contributed by atoms with Crippen LogP contribution in [0.4, 0.5) is 0 Å². The van der Waals surface area contributed by atoms with Gasteiger partial charge in [-0.2, -0.15) is 0 Å². The number of benzene rings is 6. The Morgan fingerprint density at radius 3 is 1.74 bits per heavy atom. The lowest BCUT2D eigenvalue weighted by Crippen LogP contribution is -2.13. The molecule has 0 radical (unpaired) electrons. The second-order valence-corrected chi connectivity index (χ2v) is 9.65. The van der Waals surface area contributed by atoms with E-state index in [1.807, 2.05) is 0 Å². The van der Waals surface area contributed by atoms with Gasteiger partial charge in [-0.15, -0.1) is 0 Å². The van der Waals surface area contributed by atoms with E-state index >= 15 is 0 Å². The molecule has 0 saturated heterocycles. The van der Waals surface area contributed by atoms with Crippen molar-refractivity contribution < 1.29 is 0 Å². The lowest BCUT2D eigenvalue weighted by Gasteiger charge is -2.25. The summed E-state index contributed by atoms with van der Waals surface area (Å²) >= 11 is 0. The number of hydrogen-bond donors (Lipinski definition) is 0. The highest BCUT2D eigenvalue weighted by Gasteiger charge is 2.19. The molecule has 0 heterocycles. The summed E-state index contributed by atoms with van der Waals surface area (Å²) in [4.78, 5) is 0. The third kappa shape index (κ3) is 3.84. The van der Waals surface area contributed by atoms with Gasteiger partial charge in [-0.1, -0.05) is 110 Å². The summed E-state index contributed by atoms with van der Waals surface area (Å²) in [6.07, 6.45) is 5.20. The zero-order valence-corrected chi connectivity index (χ0v) is 19.8. The molecule has 0 aliphatic heterocycles. The lowest BCUT2D eigenvalue weighted by molar-refractivity contribution is 0.446. The van der Waals surface area contributed by atoms with Crippen LogP contribution < -0.4 is 0 Å². The molecule has 0 saturated carbocycles. The van der Waals surface area contributed by atoms with Gasteiger partial charge in [0.15, 0.2) is 0 Å². The number of aryl methyl sites for hydroxylation is 1. The van der Waals surface area contributed by atoms with E-state index in [0.717, 1.165) is 5.92 Å². The molecular weight excluding hydrogens is 408 g/mol. The fraction of sp³-hybridized carbons (Fsp3) is 0.176. The highest BCUT2D eigenvalue weighted by Crippen LogP contribution is 2.35. The standard InChI is InChI=1S/C20H20.C14H10/c1-2-14-7-10-18-16(13-14)9-12-19-17-6-4-3-5-15(17)8-11-20(18)19;1-2-6-12-10-14-8-4-3-7-13(14)9-11(12)5-1/h3-6,8-9,11-12,14H,2,7,10,13H2,1H3;1-10H. The Morgan fingerprint density at radius 2 is 1.12 bits per heavy atom. The molecule has 0 fully saturated rings. The molecule has 0 bridgehead atoms. The third-order valence-electron chi connectivity index (χ3n) is 7.64. The summed E-state index contributed by atoms with van der Waals surface area (Å²) in [5.41, 5.74) is 3.20. The second-order valence-electron chi connectivity index (χ2n) is 9.65. The van der Waals surface area contributed by atoms with Crippen LogP contribution in [0, 0.1) is 5.92 Å². The van der Waals surface area contributed by atoms with E-state index < -0.39 is 0 Å². The van der Waals surface area contributed by atoms with E-state index in [-0.39, 0.29) is 0 Å². The van der Waals surface area contributed by atoms with E-state index in [4.69, 9.17) is 0 Å². The maximum atomic E-state index is 2.38. The Hall–Kier alpha value is -3.64. The molecular formula is C34H30. The van der Waals surface area contributed by atoms with Crippen molar-refractivity contribution in [1.29, 1.82) is 0 Å². The number of rotatable bonds is 1. The Morgan fingerprint density at radius 1 is 0.559 bits per heavy atom. The summed E-state index contributed by atoms with van der Waals surface area (Å²) in [5, 5.41) is 10.9. The Balaban J connectivity index is 0.000000136. The van der Waals surface area contributed by atoms with E-state index in [0.29, 0.717) is 0 Å². The monoisotopic (exact) mass is 438 g/mol. The fourth-order valence-electron chi connectivity index (χ4n) is 5.67. The van der Waals surface area contributed by atoms with Crippen molar-refractivity contribution in [3.63, 3.8) is 0 Å². The van der Waals surface area contributed by atoms with Crippen molar-refractivity contribution in [3.8, 4) is 0 Å². The van der Waals surface area contributed by atoms with Crippen molar-refractivity contribution in [2.75, 3.05) is 0 Å².